The van der Waals surface area contributed by atoms with Gasteiger partial charge in [-0.3, -0.25) is 9.78 Å². The van der Waals surface area contributed by atoms with E-state index in [4.69, 9.17) is 5.26 Å². The lowest BCUT2D eigenvalue weighted by atomic mass is 10.0. The third-order valence-corrected chi connectivity index (χ3v) is 3.25. The Hall–Kier alpha value is -1.41. The zero-order valence-corrected chi connectivity index (χ0v) is 8.15. The molecule has 0 unspecified atom stereocenters. The molecule has 2 N–H and O–H groups in total. The molecule has 0 atom stereocenters. The van der Waals surface area contributed by atoms with Crippen LogP contribution in [0.1, 0.15) is 16.7 Å². The lowest BCUT2D eigenvalue weighted by molar-refractivity contribution is 0.445. The average Bonchev–Trinajstić information content (AvgIpc) is 2.18. The average molecular weight is 208 g/mol. The van der Waals surface area contributed by atoms with Crippen molar-refractivity contribution >= 4 is 11.8 Å². The van der Waals surface area contributed by atoms with E-state index in [-0.39, 0.29) is 11.4 Å². The molecule has 14 heavy (non-hydrogen) atoms. The fraction of sp³-hybridized carbons (Fsp3) is 0.333. The number of hydrogen-bond acceptors (Lipinski definition) is 4. The van der Waals surface area contributed by atoms with Gasteiger partial charge in [-0.15, -0.1) is 0 Å². The van der Waals surface area contributed by atoms with Gasteiger partial charge in [0.2, 0.25) is 0 Å². The maximum absolute atomic E-state index is 11.3. The van der Waals surface area contributed by atoms with Gasteiger partial charge in [-0.05, 0) is 17.7 Å². The minimum atomic E-state index is -0.490. The Labute approximate surface area is 84.6 Å². The number of nitrogens with zero attached hydrogens (tertiary/aromatic N) is 1. The fourth-order valence-electron chi connectivity index (χ4n) is 1.57. The number of nitrogens with one attached hydrogen (secondary N) is 1. The van der Waals surface area contributed by atoms with Gasteiger partial charge in [0.15, 0.2) is 5.88 Å². The summed E-state index contributed by atoms with van der Waals surface area (Å²) in [6, 6.07) is 1.89. The highest BCUT2D eigenvalue weighted by molar-refractivity contribution is 7.98. The molecule has 1 aromatic heterocycles. The number of thioether (sulfide) groups is 1. The summed E-state index contributed by atoms with van der Waals surface area (Å²) in [5.41, 5.74) is 1.08. The van der Waals surface area contributed by atoms with Crippen molar-refractivity contribution in [3.63, 3.8) is 0 Å². The predicted octanol–water partition coefficient (Wildman–Crippen LogP) is 0.741. The van der Waals surface area contributed by atoms with E-state index in [0.29, 0.717) is 23.3 Å². The van der Waals surface area contributed by atoms with Crippen LogP contribution in [0, 0.1) is 11.3 Å². The first-order valence-electron chi connectivity index (χ1n) is 4.19. The Balaban J connectivity index is 2.75. The fourth-order valence-corrected chi connectivity index (χ4v) is 2.58. The van der Waals surface area contributed by atoms with Gasteiger partial charge in [0.25, 0.3) is 5.56 Å². The first-order valence-corrected chi connectivity index (χ1v) is 5.34. The van der Waals surface area contributed by atoms with E-state index in [1.807, 2.05) is 6.07 Å². The first kappa shape index (κ1) is 9.16. The molecule has 0 saturated carbocycles. The third-order valence-electron chi connectivity index (χ3n) is 2.27. The molecule has 2 heterocycles. The van der Waals surface area contributed by atoms with Gasteiger partial charge in [-0.25, -0.2) is 0 Å². The van der Waals surface area contributed by atoms with Gasteiger partial charge >= 0.3 is 0 Å². The van der Waals surface area contributed by atoms with Crippen molar-refractivity contribution in [3.8, 4) is 11.9 Å². The van der Waals surface area contributed by atoms with Gasteiger partial charge in [0, 0.05) is 11.3 Å². The summed E-state index contributed by atoms with van der Waals surface area (Å²) in [6.45, 7) is 0. The molecule has 1 aliphatic heterocycles. The van der Waals surface area contributed by atoms with E-state index >= 15 is 0 Å². The zero-order chi connectivity index (χ0) is 10.1. The SMILES string of the molecule is N#Cc1c2c(c(O)[nH]c1=O)CSCC2. The second-order valence-electron chi connectivity index (χ2n) is 3.05. The number of fused-ring (bicyclic) bond motifs is 1. The molecular formula is C9H8N2O2S. The van der Waals surface area contributed by atoms with E-state index in [2.05, 4.69) is 4.98 Å². The maximum atomic E-state index is 11.3. The van der Waals surface area contributed by atoms with Gasteiger partial charge in [0.1, 0.15) is 11.6 Å². The molecule has 0 amide bonds. The summed E-state index contributed by atoms with van der Waals surface area (Å²) >= 11 is 1.69. The molecular weight excluding hydrogens is 200 g/mol. The topological polar surface area (TPSA) is 76.9 Å². The lowest BCUT2D eigenvalue weighted by Crippen LogP contribution is -2.18. The summed E-state index contributed by atoms with van der Waals surface area (Å²) in [7, 11) is 0. The van der Waals surface area contributed by atoms with Crippen LogP contribution >= 0.6 is 11.8 Å². The minimum absolute atomic E-state index is 0.0869. The van der Waals surface area contributed by atoms with Crippen molar-refractivity contribution in [2.45, 2.75) is 12.2 Å². The molecule has 72 valence electrons. The smallest absolute Gasteiger partial charge is 0.268 e. The number of H-pyrrole nitrogens is 1. The van der Waals surface area contributed by atoms with Crippen LogP contribution in [0.4, 0.5) is 0 Å². The summed E-state index contributed by atoms with van der Waals surface area (Å²) in [6.07, 6.45) is 0.681. The van der Waals surface area contributed by atoms with Crippen LogP contribution in [0.5, 0.6) is 5.88 Å². The van der Waals surface area contributed by atoms with Gasteiger partial charge in [0.05, 0.1) is 0 Å². The Kier molecular flexibility index (Phi) is 2.22. The monoisotopic (exact) mass is 208 g/mol. The molecule has 0 radical (unpaired) electrons. The number of aromatic amines is 1. The van der Waals surface area contributed by atoms with Crippen LogP contribution in [0.2, 0.25) is 0 Å². The van der Waals surface area contributed by atoms with Gasteiger partial charge in [-0.2, -0.15) is 17.0 Å². The highest BCUT2D eigenvalue weighted by Gasteiger charge is 2.19. The number of rotatable bonds is 0. The molecule has 1 aliphatic rings. The highest BCUT2D eigenvalue weighted by atomic mass is 32.2. The predicted molar refractivity (Wildman–Crippen MR) is 53.3 cm³/mol. The van der Waals surface area contributed by atoms with Crippen LogP contribution in [-0.4, -0.2) is 15.8 Å². The van der Waals surface area contributed by atoms with Crippen LogP contribution < -0.4 is 5.56 Å². The largest absolute Gasteiger partial charge is 0.494 e. The quantitative estimate of drug-likeness (QED) is 0.659. The highest BCUT2D eigenvalue weighted by Crippen LogP contribution is 2.30. The Morgan fingerprint density at radius 1 is 1.50 bits per heavy atom. The van der Waals surface area contributed by atoms with Crippen molar-refractivity contribution in [1.29, 1.82) is 5.26 Å². The summed E-state index contributed by atoms with van der Waals surface area (Å²) in [5.74, 6) is 1.47. The third kappa shape index (κ3) is 1.28. The molecule has 1 aromatic rings. The van der Waals surface area contributed by atoms with Crippen molar-refractivity contribution in [2.75, 3.05) is 5.75 Å². The molecule has 0 spiro atoms. The molecule has 4 nitrogen and oxygen atoms in total. The standard InChI is InChI=1S/C9H8N2O2S/c10-3-6-5-1-2-14-4-7(5)9(13)11-8(6)12/h1-2,4H2,(H2,11,12,13). The van der Waals surface area contributed by atoms with Gasteiger partial charge < -0.3 is 5.11 Å². The molecule has 0 saturated heterocycles. The maximum Gasteiger partial charge on any atom is 0.268 e. The van der Waals surface area contributed by atoms with Crippen LogP contribution in [0.15, 0.2) is 4.79 Å². The van der Waals surface area contributed by atoms with Crippen molar-refractivity contribution in [2.24, 2.45) is 0 Å². The molecule has 0 aromatic carbocycles. The summed E-state index contributed by atoms with van der Waals surface area (Å²) in [4.78, 5) is 13.6. The Morgan fingerprint density at radius 3 is 3.00 bits per heavy atom. The van der Waals surface area contributed by atoms with Crippen molar-refractivity contribution < 1.29 is 5.11 Å². The summed E-state index contributed by atoms with van der Waals surface area (Å²) in [5, 5.41) is 18.3. The van der Waals surface area contributed by atoms with E-state index < -0.39 is 5.56 Å². The number of nitriles is 1. The zero-order valence-electron chi connectivity index (χ0n) is 7.33. The van der Waals surface area contributed by atoms with Gasteiger partial charge in [-0.1, -0.05) is 0 Å². The minimum Gasteiger partial charge on any atom is -0.494 e. The van der Waals surface area contributed by atoms with Crippen molar-refractivity contribution in [1.82, 2.24) is 4.98 Å². The Morgan fingerprint density at radius 2 is 2.29 bits per heavy atom. The van der Waals surface area contributed by atoms with E-state index in [1.54, 1.807) is 11.8 Å². The number of aromatic hydroxyl groups is 1. The van der Waals surface area contributed by atoms with E-state index in [1.165, 1.54) is 0 Å². The molecule has 0 aliphatic carbocycles. The van der Waals surface area contributed by atoms with Crippen LogP contribution in [0.25, 0.3) is 0 Å². The Bertz CT molecular complexity index is 473. The summed E-state index contributed by atoms with van der Waals surface area (Å²) < 4.78 is 0. The van der Waals surface area contributed by atoms with Crippen LogP contribution in [0.3, 0.4) is 0 Å². The molecule has 2 rings (SSSR count). The number of hydrogen-bond donors (Lipinski definition) is 2. The van der Waals surface area contributed by atoms with Crippen LogP contribution in [-0.2, 0) is 12.2 Å². The van der Waals surface area contributed by atoms with E-state index in [9.17, 15) is 9.90 Å². The molecule has 0 bridgehead atoms. The second kappa shape index (κ2) is 3.39. The second-order valence-corrected chi connectivity index (χ2v) is 4.15. The first-order chi connectivity index (χ1) is 6.74. The molecule has 5 heteroatoms. The number of aromatic nitrogens is 1. The normalized spacial score (nSPS) is 14.5. The number of pyridine rings is 1. The lowest BCUT2D eigenvalue weighted by Gasteiger charge is -2.16. The van der Waals surface area contributed by atoms with E-state index in [0.717, 1.165) is 5.75 Å². The molecule has 0 fully saturated rings. The van der Waals surface area contributed by atoms with Crippen molar-refractivity contribution in [3.05, 3.63) is 27.0 Å².